The van der Waals surface area contributed by atoms with Crippen LogP contribution >= 0.6 is 0 Å². The second kappa shape index (κ2) is 5.79. The van der Waals surface area contributed by atoms with E-state index in [1.54, 1.807) is 4.90 Å². The molecular formula is C16H23NO4. The lowest BCUT2D eigenvalue weighted by molar-refractivity contribution is -0.151. The highest BCUT2D eigenvalue weighted by Crippen LogP contribution is 2.48. The van der Waals surface area contributed by atoms with Crippen molar-refractivity contribution in [2.75, 3.05) is 19.7 Å². The van der Waals surface area contributed by atoms with Crippen LogP contribution in [0, 0.1) is 23.7 Å². The van der Waals surface area contributed by atoms with Gasteiger partial charge in [-0.15, -0.1) is 0 Å². The van der Waals surface area contributed by atoms with E-state index in [0.717, 1.165) is 25.9 Å². The minimum atomic E-state index is -0.835. The lowest BCUT2D eigenvalue weighted by atomic mass is 9.82. The van der Waals surface area contributed by atoms with E-state index in [1.165, 1.54) is 0 Å². The van der Waals surface area contributed by atoms with Crippen LogP contribution in [0.25, 0.3) is 0 Å². The molecule has 1 saturated heterocycles. The first kappa shape index (κ1) is 14.6. The Labute approximate surface area is 124 Å². The maximum atomic E-state index is 12.8. The average molecular weight is 293 g/mol. The van der Waals surface area contributed by atoms with Gasteiger partial charge in [0.1, 0.15) is 0 Å². The van der Waals surface area contributed by atoms with Crippen LogP contribution in [-0.4, -0.2) is 47.7 Å². The number of carbonyl (C=O) groups is 2. The van der Waals surface area contributed by atoms with Crippen molar-refractivity contribution in [3.63, 3.8) is 0 Å². The smallest absolute Gasteiger partial charge is 0.307 e. The SMILES string of the molecule is CCN(CC1CCCO1)C(=O)[C@H]1C2C=CC(C2)[C@H]1C(=O)O. The lowest BCUT2D eigenvalue weighted by Gasteiger charge is -2.31. The summed E-state index contributed by atoms with van der Waals surface area (Å²) in [6, 6.07) is 0. The molecule has 3 unspecified atom stereocenters. The number of rotatable bonds is 5. The summed E-state index contributed by atoms with van der Waals surface area (Å²) < 4.78 is 5.61. The summed E-state index contributed by atoms with van der Waals surface area (Å²) in [5.41, 5.74) is 0. The highest BCUT2D eigenvalue weighted by molar-refractivity contribution is 5.87. The van der Waals surface area contributed by atoms with Gasteiger partial charge in [-0.1, -0.05) is 12.2 Å². The molecule has 3 rings (SSSR count). The number of fused-ring (bicyclic) bond motifs is 2. The summed E-state index contributed by atoms with van der Waals surface area (Å²) in [6.45, 7) is 3.93. The standard InChI is InChI=1S/C16H23NO4/c1-2-17(9-12-4-3-7-21-12)15(18)13-10-5-6-11(8-10)14(13)16(19)20/h5-6,10-14H,2-4,7-9H2,1H3,(H,19,20)/t10?,11?,12?,13-,14+/m0/s1. The normalized spacial score (nSPS) is 37.1. The van der Waals surface area contributed by atoms with E-state index in [2.05, 4.69) is 0 Å². The van der Waals surface area contributed by atoms with Gasteiger partial charge in [0.05, 0.1) is 17.9 Å². The van der Waals surface area contributed by atoms with E-state index in [-0.39, 0.29) is 29.8 Å². The molecule has 0 spiro atoms. The topological polar surface area (TPSA) is 66.8 Å². The summed E-state index contributed by atoms with van der Waals surface area (Å²) in [5.74, 6) is -1.65. The van der Waals surface area contributed by atoms with Crippen LogP contribution in [-0.2, 0) is 14.3 Å². The zero-order valence-electron chi connectivity index (χ0n) is 12.4. The Morgan fingerprint density at radius 1 is 1.29 bits per heavy atom. The number of aliphatic carboxylic acids is 1. The third kappa shape index (κ3) is 2.59. The maximum Gasteiger partial charge on any atom is 0.307 e. The highest BCUT2D eigenvalue weighted by Gasteiger charge is 2.52. The molecule has 1 heterocycles. The van der Waals surface area contributed by atoms with Gasteiger partial charge in [0.25, 0.3) is 0 Å². The molecule has 2 fully saturated rings. The van der Waals surface area contributed by atoms with E-state index in [0.29, 0.717) is 13.1 Å². The second-order valence-corrected chi connectivity index (χ2v) is 6.35. The molecule has 0 aromatic rings. The van der Waals surface area contributed by atoms with Gasteiger partial charge in [-0.2, -0.15) is 0 Å². The van der Waals surface area contributed by atoms with Crippen molar-refractivity contribution in [3.05, 3.63) is 12.2 Å². The largest absolute Gasteiger partial charge is 0.481 e. The van der Waals surface area contributed by atoms with E-state index >= 15 is 0 Å². The van der Waals surface area contributed by atoms with Gasteiger partial charge in [0, 0.05) is 19.7 Å². The average Bonchev–Trinajstić information content (AvgIpc) is 3.19. The van der Waals surface area contributed by atoms with Gasteiger partial charge in [-0.25, -0.2) is 0 Å². The van der Waals surface area contributed by atoms with Crippen LogP contribution in [0.15, 0.2) is 12.2 Å². The minimum absolute atomic E-state index is 0.00255. The van der Waals surface area contributed by atoms with Crippen molar-refractivity contribution in [2.45, 2.75) is 32.3 Å². The van der Waals surface area contributed by atoms with Crippen molar-refractivity contribution in [1.29, 1.82) is 0 Å². The molecule has 0 aromatic carbocycles. The molecule has 5 heteroatoms. The summed E-state index contributed by atoms with van der Waals surface area (Å²) in [4.78, 5) is 26.2. The van der Waals surface area contributed by atoms with E-state index in [1.807, 2.05) is 19.1 Å². The van der Waals surface area contributed by atoms with Gasteiger partial charge >= 0.3 is 5.97 Å². The molecule has 0 aromatic heterocycles. The van der Waals surface area contributed by atoms with Crippen LogP contribution in [0.2, 0.25) is 0 Å². The summed E-state index contributed by atoms with van der Waals surface area (Å²) >= 11 is 0. The van der Waals surface area contributed by atoms with Crippen molar-refractivity contribution < 1.29 is 19.4 Å². The quantitative estimate of drug-likeness (QED) is 0.781. The third-order valence-electron chi connectivity index (χ3n) is 5.17. The number of ether oxygens (including phenoxy) is 1. The zero-order valence-corrected chi connectivity index (χ0v) is 12.4. The molecule has 1 amide bonds. The number of carboxylic acids is 1. The van der Waals surface area contributed by atoms with Gasteiger partial charge < -0.3 is 14.7 Å². The Morgan fingerprint density at radius 3 is 2.57 bits per heavy atom. The number of carbonyl (C=O) groups excluding carboxylic acids is 1. The summed E-state index contributed by atoms with van der Waals surface area (Å²) in [7, 11) is 0. The first-order valence-corrected chi connectivity index (χ1v) is 7.93. The van der Waals surface area contributed by atoms with Gasteiger partial charge in [0.2, 0.25) is 5.91 Å². The number of hydrogen-bond donors (Lipinski definition) is 1. The molecule has 1 saturated carbocycles. The van der Waals surface area contributed by atoms with Crippen LogP contribution in [0.4, 0.5) is 0 Å². The molecule has 2 bridgehead atoms. The van der Waals surface area contributed by atoms with Crippen molar-refractivity contribution in [2.24, 2.45) is 23.7 Å². The highest BCUT2D eigenvalue weighted by atomic mass is 16.5. The van der Waals surface area contributed by atoms with Crippen LogP contribution in [0.1, 0.15) is 26.2 Å². The molecule has 0 radical (unpaired) electrons. The van der Waals surface area contributed by atoms with E-state index in [4.69, 9.17) is 4.74 Å². The van der Waals surface area contributed by atoms with Crippen LogP contribution in [0.3, 0.4) is 0 Å². The number of nitrogens with zero attached hydrogens (tertiary/aromatic N) is 1. The fraction of sp³-hybridized carbons (Fsp3) is 0.750. The molecule has 21 heavy (non-hydrogen) atoms. The number of likely N-dealkylation sites (N-methyl/N-ethyl adjacent to an activating group) is 1. The molecule has 5 nitrogen and oxygen atoms in total. The maximum absolute atomic E-state index is 12.8. The van der Waals surface area contributed by atoms with Gasteiger partial charge in [0.15, 0.2) is 0 Å². The zero-order chi connectivity index (χ0) is 15.0. The van der Waals surface area contributed by atoms with Gasteiger partial charge in [-0.3, -0.25) is 9.59 Å². The number of allylic oxidation sites excluding steroid dienone is 2. The fourth-order valence-corrected chi connectivity index (χ4v) is 4.12. The van der Waals surface area contributed by atoms with E-state index < -0.39 is 11.9 Å². The Bertz CT molecular complexity index is 455. The molecule has 1 aliphatic heterocycles. The first-order chi connectivity index (χ1) is 10.1. The number of amides is 1. The molecule has 1 N–H and O–H groups in total. The second-order valence-electron chi connectivity index (χ2n) is 6.35. The van der Waals surface area contributed by atoms with Crippen molar-refractivity contribution >= 4 is 11.9 Å². The van der Waals surface area contributed by atoms with Crippen LogP contribution in [0.5, 0.6) is 0 Å². The van der Waals surface area contributed by atoms with Crippen molar-refractivity contribution in [1.82, 2.24) is 4.90 Å². The minimum Gasteiger partial charge on any atom is -0.481 e. The fourth-order valence-electron chi connectivity index (χ4n) is 4.12. The Balaban J connectivity index is 1.72. The molecular weight excluding hydrogens is 270 g/mol. The Morgan fingerprint density at radius 2 is 2.00 bits per heavy atom. The number of hydrogen-bond acceptors (Lipinski definition) is 3. The Kier molecular flexibility index (Phi) is 4.02. The van der Waals surface area contributed by atoms with Crippen molar-refractivity contribution in [3.8, 4) is 0 Å². The molecule has 116 valence electrons. The third-order valence-corrected chi connectivity index (χ3v) is 5.17. The predicted octanol–water partition coefficient (Wildman–Crippen LogP) is 1.54. The lowest BCUT2D eigenvalue weighted by Crippen LogP contribution is -2.45. The Hall–Kier alpha value is -1.36. The summed E-state index contributed by atoms with van der Waals surface area (Å²) in [6.07, 6.45) is 6.97. The first-order valence-electron chi connectivity index (χ1n) is 7.93. The molecule has 5 atom stereocenters. The van der Waals surface area contributed by atoms with Crippen LogP contribution < -0.4 is 0 Å². The predicted molar refractivity (Wildman–Crippen MR) is 76.6 cm³/mol. The molecule has 3 aliphatic rings. The van der Waals surface area contributed by atoms with E-state index in [9.17, 15) is 14.7 Å². The summed E-state index contributed by atoms with van der Waals surface area (Å²) in [5, 5.41) is 9.46. The molecule has 2 aliphatic carbocycles. The number of carboxylic acid groups (broad SMARTS) is 1. The monoisotopic (exact) mass is 293 g/mol. The van der Waals surface area contributed by atoms with Gasteiger partial charge in [-0.05, 0) is 38.0 Å².